The fraction of sp³-hybridized carbons (Fsp3) is 0.250. The van der Waals surface area contributed by atoms with Crippen LogP contribution in [0.5, 0.6) is 0 Å². The Labute approximate surface area is 53.4 Å². The molecular formula is C4H8ClNO2. The van der Waals surface area contributed by atoms with Crippen LogP contribution in [-0.4, -0.2) is 10.5 Å². The minimum Gasteiger partial charge on any atom is -0.449 e. The topological polar surface area (TPSA) is 57.5 Å². The van der Waals surface area contributed by atoms with Gasteiger partial charge >= 0.3 is 0 Å². The van der Waals surface area contributed by atoms with Gasteiger partial charge in [-0.15, -0.1) is 12.4 Å². The van der Waals surface area contributed by atoms with Crippen molar-refractivity contribution >= 4 is 12.4 Å². The van der Waals surface area contributed by atoms with Crippen molar-refractivity contribution in [1.29, 1.82) is 0 Å². The summed E-state index contributed by atoms with van der Waals surface area (Å²) >= 11 is 0. The van der Waals surface area contributed by atoms with Gasteiger partial charge in [-0.25, -0.2) is 4.98 Å². The second kappa shape index (κ2) is 4.61. The highest BCUT2D eigenvalue weighted by Crippen LogP contribution is 1.86. The Kier molecular flexibility index (Phi) is 6.02. The van der Waals surface area contributed by atoms with Crippen molar-refractivity contribution in [3.8, 4) is 0 Å². The lowest BCUT2D eigenvalue weighted by Gasteiger charge is -1.67. The predicted octanol–water partition coefficient (Wildman–Crippen LogP) is 0.580. The minimum atomic E-state index is 0. The summed E-state index contributed by atoms with van der Waals surface area (Å²) in [6.07, 6.45) is 3.17. The van der Waals surface area contributed by atoms with Crippen LogP contribution in [0.25, 0.3) is 0 Å². The number of aromatic nitrogens is 1. The van der Waals surface area contributed by atoms with E-state index in [4.69, 9.17) is 4.42 Å². The third-order valence-electron chi connectivity index (χ3n) is 0.556. The van der Waals surface area contributed by atoms with Crippen LogP contribution in [-0.2, 0) is 0 Å². The highest BCUT2D eigenvalue weighted by molar-refractivity contribution is 5.85. The molecule has 4 heteroatoms. The van der Waals surface area contributed by atoms with Crippen LogP contribution in [0.2, 0.25) is 0 Å². The monoisotopic (exact) mass is 137 g/mol. The molecule has 0 bridgehead atoms. The van der Waals surface area contributed by atoms with E-state index in [1.165, 1.54) is 0 Å². The average Bonchev–Trinajstić information content (AvgIpc) is 1.86. The molecule has 2 N–H and O–H groups in total. The Hall–Kier alpha value is -0.540. The first kappa shape index (κ1) is 10.4. The summed E-state index contributed by atoms with van der Waals surface area (Å²) in [6.45, 7) is 1.81. The molecule has 0 aliphatic carbocycles. The number of rotatable bonds is 0. The smallest absolute Gasteiger partial charge is 0.190 e. The van der Waals surface area contributed by atoms with Gasteiger partial charge < -0.3 is 9.89 Å². The van der Waals surface area contributed by atoms with E-state index >= 15 is 0 Å². The van der Waals surface area contributed by atoms with Crippen molar-refractivity contribution in [2.75, 3.05) is 0 Å². The zero-order chi connectivity index (χ0) is 4.41. The molecule has 1 heterocycles. The molecule has 0 aliphatic heterocycles. The van der Waals surface area contributed by atoms with Crippen LogP contribution in [0.3, 0.4) is 0 Å². The molecule has 0 spiro atoms. The molecule has 0 amide bonds. The van der Waals surface area contributed by atoms with E-state index in [9.17, 15) is 0 Å². The second-order valence-corrected chi connectivity index (χ2v) is 1.05. The van der Waals surface area contributed by atoms with E-state index in [0.717, 1.165) is 5.89 Å². The standard InChI is InChI=1S/C4H5NO.ClH.H2O/c1-4-5-2-3-6-4;;/h2-3H,1H3;1H;1H2. The highest BCUT2D eigenvalue weighted by atomic mass is 35.5. The normalized spacial score (nSPS) is 6.62. The summed E-state index contributed by atoms with van der Waals surface area (Å²) in [6, 6.07) is 0. The van der Waals surface area contributed by atoms with Crippen LogP contribution in [0, 0.1) is 6.92 Å². The Balaban J connectivity index is 0. The van der Waals surface area contributed by atoms with Gasteiger partial charge in [0.1, 0.15) is 6.26 Å². The molecule has 8 heavy (non-hydrogen) atoms. The van der Waals surface area contributed by atoms with Crippen LogP contribution >= 0.6 is 12.4 Å². The van der Waals surface area contributed by atoms with Gasteiger partial charge in [0, 0.05) is 6.92 Å². The zero-order valence-corrected chi connectivity index (χ0v) is 5.23. The van der Waals surface area contributed by atoms with Crippen LogP contribution in [0.15, 0.2) is 16.9 Å². The van der Waals surface area contributed by atoms with E-state index in [-0.39, 0.29) is 17.9 Å². The van der Waals surface area contributed by atoms with Gasteiger partial charge in [-0.3, -0.25) is 0 Å². The lowest BCUT2D eigenvalue weighted by atomic mass is 10.8. The highest BCUT2D eigenvalue weighted by Gasteiger charge is 1.77. The Bertz CT molecular complexity index is 118. The molecule has 0 atom stereocenters. The largest absolute Gasteiger partial charge is 0.449 e. The van der Waals surface area contributed by atoms with Crippen molar-refractivity contribution in [2.45, 2.75) is 6.92 Å². The molecule has 0 aromatic carbocycles. The number of oxazole rings is 1. The van der Waals surface area contributed by atoms with Crippen molar-refractivity contribution < 1.29 is 9.89 Å². The summed E-state index contributed by atoms with van der Waals surface area (Å²) in [5, 5.41) is 0. The molecule has 1 aromatic rings. The maximum Gasteiger partial charge on any atom is 0.190 e. The first-order valence-corrected chi connectivity index (χ1v) is 1.75. The molecule has 0 saturated heterocycles. The van der Waals surface area contributed by atoms with Gasteiger partial charge in [0.05, 0.1) is 6.20 Å². The fourth-order valence-corrected chi connectivity index (χ4v) is 0.295. The lowest BCUT2D eigenvalue weighted by molar-refractivity contribution is 0.521. The molecular weight excluding hydrogens is 130 g/mol. The van der Waals surface area contributed by atoms with Crippen molar-refractivity contribution in [3.63, 3.8) is 0 Å². The Morgan fingerprint density at radius 3 is 2.38 bits per heavy atom. The lowest BCUT2D eigenvalue weighted by Crippen LogP contribution is -1.59. The van der Waals surface area contributed by atoms with Gasteiger partial charge in [-0.05, 0) is 0 Å². The van der Waals surface area contributed by atoms with E-state index in [1.807, 2.05) is 0 Å². The van der Waals surface area contributed by atoms with Crippen LogP contribution in [0.4, 0.5) is 0 Å². The predicted molar refractivity (Wildman–Crippen MR) is 32.1 cm³/mol. The van der Waals surface area contributed by atoms with Crippen molar-refractivity contribution in [1.82, 2.24) is 4.98 Å². The summed E-state index contributed by atoms with van der Waals surface area (Å²) < 4.78 is 4.72. The van der Waals surface area contributed by atoms with E-state index in [0.29, 0.717) is 0 Å². The number of aryl methyl sites for hydroxylation is 1. The molecule has 1 aromatic heterocycles. The van der Waals surface area contributed by atoms with Crippen LogP contribution < -0.4 is 0 Å². The minimum absolute atomic E-state index is 0. The number of halogens is 1. The van der Waals surface area contributed by atoms with Gasteiger partial charge in [0.2, 0.25) is 0 Å². The van der Waals surface area contributed by atoms with Crippen molar-refractivity contribution in [3.05, 3.63) is 18.4 Å². The summed E-state index contributed by atoms with van der Waals surface area (Å²) in [7, 11) is 0. The second-order valence-electron chi connectivity index (χ2n) is 1.05. The molecule has 0 aliphatic rings. The molecule has 48 valence electrons. The summed E-state index contributed by atoms with van der Waals surface area (Å²) in [5.41, 5.74) is 0. The molecule has 0 unspecified atom stereocenters. The maximum absolute atomic E-state index is 4.72. The number of nitrogens with zero attached hydrogens (tertiary/aromatic N) is 1. The maximum atomic E-state index is 4.72. The van der Waals surface area contributed by atoms with Gasteiger partial charge in [0.15, 0.2) is 5.89 Å². The molecule has 3 nitrogen and oxygen atoms in total. The van der Waals surface area contributed by atoms with E-state index in [1.54, 1.807) is 19.4 Å². The van der Waals surface area contributed by atoms with E-state index < -0.39 is 0 Å². The first-order valence-electron chi connectivity index (χ1n) is 1.75. The molecule has 0 saturated carbocycles. The quantitative estimate of drug-likeness (QED) is 0.525. The third-order valence-corrected chi connectivity index (χ3v) is 0.556. The average molecular weight is 138 g/mol. The Morgan fingerprint density at radius 1 is 1.62 bits per heavy atom. The van der Waals surface area contributed by atoms with Gasteiger partial charge in [0.25, 0.3) is 0 Å². The Morgan fingerprint density at radius 2 is 2.25 bits per heavy atom. The van der Waals surface area contributed by atoms with Crippen LogP contribution in [0.1, 0.15) is 5.89 Å². The zero-order valence-electron chi connectivity index (χ0n) is 4.42. The summed E-state index contributed by atoms with van der Waals surface area (Å²) in [4.78, 5) is 3.75. The summed E-state index contributed by atoms with van der Waals surface area (Å²) in [5.74, 6) is 0.718. The SMILES string of the molecule is Cc1ncco1.Cl.O. The molecule has 0 radical (unpaired) electrons. The van der Waals surface area contributed by atoms with E-state index in [2.05, 4.69) is 4.98 Å². The van der Waals surface area contributed by atoms with Gasteiger partial charge in [-0.1, -0.05) is 0 Å². The number of hydrogen-bond donors (Lipinski definition) is 0. The first-order chi connectivity index (χ1) is 2.89. The fourth-order valence-electron chi connectivity index (χ4n) is 0.295. The number of hydrogen-bond acceptors (Lipinski definition) is 2. The molecule has 0 fully saturated rings. The van der Waals surface area contributed by atoms with Crippen molar-refractivity contribution in [2.24, 2.45) is 0 Å². The molecule has 1 rings (SSSR count). The van der Waals surface area contributed by atoms with Gasteiger partial charge in [-0.2, -0.15) is 0 Å². The third kappa shape index (κ3) is 2.60.